The van der Waals surface area contributed by atoms with Crippen LogP contribution in [0.15, 0.2) is 0 Å². The molecule has 0 aliphatic heterocycles. The summed E-state index contributed by atoms with van der Waals surface area (Å²) in [5, 5.41) is 0. The van der Waals surface area contributed by atoms with Gasteiger partial charge in [0.1, 0.15) is 0 Å². The van der Waals surface area contributed by atoms with E-state index in [2.05, 4.69) is 26.9 Å². The van der Waals surface area contributed by atoms with E-state index in [-0.39, 0.29) is 0 Å². The molecular weight excluding hydrogens is 248 g/mol. The third-order valence-electron chi connectivity index (χ3n) is 3.66. The van der Waals surface area contributed by atoms with Gasteiger partial charge in [0.05, 0.1) is 0 Å². The first-order valence-electron chi connectivity index (χ1n) is 8.67. The zero-order chi connectivity index (χ0) is 14.3. The fourth-order valence-corrected chi connectivity index (χ4v) is 3.45. The third-order valence-corrected chi connectivity index (χ3v) is 4.47. The monoisotopic (exact) mass is 285 g/mol. The Hall–Kier alpha value is 0.177. The molecule has 0 aromatic rings. The molecule has 0 spiro atoms. The summed E-state index contributed by atoms with van der Waals surface area (Å²) < 4.78 is 6.16. The molecule has 0 bridgehead atoms. The van der Waals surface area contributed by atoms with Gasteiger partial charge in [-0.2, -0.15) is 0 Å². The van der Waals surface area contributed by atoms with Gasteiger partial charge in [0.15, 0.2) is 0 Å². The SMILES string of the molecule is CCCCCCCCC(CCCCCC)O[Si](C)C. The van der Waals surface area contributed by atoms with Crippen molar-refractivity contribution in [3.8, 4) is 0 Å². The van der Waals surface area contributed by atoms with E-state index in [1.165, 1.54) is 77.0 Å². The van der Waals surface area contributed by atoms with Gasteiger partial charge in [-0.15, -0.1) is 0 Å². The molecule has 0 aliphatic rings. The van der Waals surface area contributed by atoms with E-state index >= 15 is 0 Å². The fraction of sp³-hybridized carbons (Fsp3) is 1.00. The highest BCUT2D eigenvalue weighted by atomic mass is 28.3. The van der Waals surface area contributed by atoms with Crippen LogP contribution in [0.2, 0.25) is 13.1 Å². The van der Waals surface area contributed by atoms with Gasteiger partial charge < -0.3 is 4.43 Å². The summed E-state index contributed by atoms with van der Waals surface area (Å²) in [7, 11) is -0.526. The Morgan fingerprint density at radius 1 is 0.684 bits per heavy atom. The smallest absolute Gasteiger partial charge is 0.205 e. The lowest BCUT2D eigenvalue weighted by Gasteiger charge is -2.20. The van der Waals surface area contributed by atoms with Crippen molar-refractivity contribution < 1.29 is 4.43 Å². The fourth-order valence-electron chi connectivity index (χ4n) is 2.55. The maximum absolute atomic E-state index is 6.16. The lowest BCUT2D eigenvalue weighted by molar-refractivity contribution is 0.174. The Morgan fingerprint density at radius 3 is 1.58 bits per heavy atom. The molecule has 0 heterocycles. The highest BCUT2D eigenvalue weighted by Gasteiger charge is 2.11. The minimum Gasteiger partial charge on any atom is -0.414 e. The average molecular weight is 286 g/mol. The lowest BCUT2D eigenvalue weighted by Crippen LogP contribution is -2.20. The standard InChI is InChI=1S/C17H37OSi/c1-5-7-9-11-12-14-16-17(18-19(3)4)15-13-10-8-6-2/h17H,5-16H2,1-4H3. The first-order valence-corrected chi connectivity index (χ1v) is 11.1. The topological polar surface area (TPSA) is 9.23 Å². The van der Waals surface area contributed by atoms with Gasteiger partial charge in [-0.25, -0.2) is 0 Å². The van der Waals surface area contributed by atoms with Crippen molar-refractivity contribution in [2.24, 2.45) is 0 Å². The van der Waals surface area contributed by atoms with Crippen LogP contribution in [-0.2, 0) is 4.43 Å². The molecule has 115 valence electrons. The van der Waals surface area contributed by atoms with E-state index < -0.39 is 9.04 Å². The van der Waals surface area contributed by atoms with Crippen LogP contribution >= 0.6 is 0 Å². The summed E-state index contributed by atoms with van der Waals surface area (Å²) in [6.45, 7) is 9.10. The van der Waals surface area contributed by atoms with Crippen LogP contribution in [0.5, 0.6) is 0 Å². The largest absolute Gasteiger partial charge is 0.414 e. The van der Waals surface area contributed by atoms with E-state index in [1.807, 2.05) is 0 Å². The summed E-state index contributed by atoms with van der Waals surface area (Å²) in [6.07, 6.45) is 17.0. The van der Waals surface area contributed by atoms with Crippen LogP contribution in [0.4, 0.5) is 0 Å². The molecule has 0 N–H and O–H groups in total. The van der Waals surface area contributed by atoms with Crippen LogP contribution < -0.4 is 0 Å². The van der Waals surface area contributed by atoms with Gasteiger partial charge in [0.25, 0.3) is 0 Å². The quantitative estimate of drug-likeness (QED) is 0.267. The number of hydrogen-bond donors (Lipinski definition) is 0. The molecule has 0 saturated heterocycles. The highest BCUT2D eigenvalue weighted by molar-refractivity contribution is 6.48. The van der Waals surface area contributed by atoms with Crippen molar-refractivity contribution in [2.45, 2.75) is 110 Å². The molecule has 0 fully saturated rings. The number of hydrogen-bond acceptors (Lipinski definition) is 1. The van der Waals surface area contributed by atoms with Crippen molar-refractivity contribution in [2.75, 3.05) is 0 Å². The second kappa shape index (κ2) is 14.6. The van der Waals surface area contributed by atoms with Crippen LogP contribution in [0.25, 0.3) is 0 Å². The first-order chi connectivity index (χ1) is 9.20. The molecule has 1 radical (unpaired) electrons. The van der Waals surface area contributed by atoms with Gasteiger partial charge in [0.2, 0.25) is 9.04 Å². The van der Waals surface area contributed by atoms with Crippen molar-refractivity contribution in [3.63, 3.8) is 0 Å². The van der Waals surface area contributed by atoms with E-state index in [1.54, 1.807) is 0 Å². The second-order valence-electron chi connectivity index (χ2n) is 6.05. The highest BCUT2D eigenvalue weighted by Crippen LogP contribution is 2.16. The van der Waals surface area contributed by atoms with Crippen molar-refractivity contribution in [1.29, 1.82) is 0 Å². The van der Waals surface area contributed by atoms with Crippen molar-refractivity contribution in [1.82, 2.24) is 0 Å². The maximum Gasteiger partial charge on any atom is 0.205 e. The number of rotatable bonds is 14. The van der Waals surface area contributed by atoms with Gasteiger partial charge in [-0.3, -0.25) is 0 Å². The predicted octanol–water partition coefficient (Wildman–Crippen LogP) is 6.34. The third kappa shape index (κ3) is 14.4. The second-order valence-corrected chi connectivity index (χ2v) is 8.11. The van der Waals surface area contributed by atoms with Crippen LogP contribution in [0.3, 0.4) is 0 Å². The van der Waals surface area contributed by atoms with Gasteiger partial charge in [-0.1, -0.05) is 78.1 Å². The Balaban J connectivity index is 3.61. The summed E-state index contributed by atoms with van der Waals surface area (Å²) in [5.74, 6) is 0. The minimum absolute atomic E-state index is 0.526. The van der Waals surface area contributed by atoms with Crippen molar-refractivity contribution in [3.05, 3.63) is 0 Å². The average Bonchev–Trinajstić information content (AvgIpc) is 2.37. The van der Waals surface area contributed by atoms with Crippen LogP contribution in [0, 0.1) is 0 Å². The van der Waals surface area contributed by atoms with Gasteiger partial charge in [-0.05, 0) is 25.9 Å². The van der Waals surface area contributed by atoms with Gasteiger partial charge in [0, 0.05) is 6.10 Å². The summed E-state index contributed by atoms with van der Waals surface area (Å²) in [5.41, 5.74) is 0. The van der Waals surface area contributed by atoms with E-state index in [4.69, 9.17) is 4.43 Å². The zero-order valence-corrected chi connectivity index (χ0v) is 15.0. The number of unbranched alkanes of at least 4 members (excludes halogenated alkanes) is 8. The van der Waals surface area contributed by atoms with Gasteiger partial charge >= 0.3 is 0 Å². The van der Waals surface area contributed by atoms with E-state index in [0.717, 1.165) is 0 Å². The van der Waals surface area contributed by atoms with E-state index in [0.29, 0.717) is 6.10 Å². The van der Waals surface area contributed by atoms with Crippen LogP contribution in [0.1, 0.15) is 90.9 Å². The molecule has 1 nitrogen and oxygen atoms in total. The summed E-state index contributed by atoms with van der Waals surface area (Å²) >= 11 is 0. The molecule has 0 aliphatic carbocycles. The summed E-state index contributed by atoms with van der Waals surface area (Å²) in [4.78, 5) is 0. The normalized spacial score (nSPS) is 13.1. The molecule has 2 heteroatoms. The lowest BCUT2D eigenvalue weighted by atomic mass is 10.0. The molecule has 0 amide bonds. The van der Waals surface area contributed by atoms with Crippen molar-refractivity contribution >= 4 is 9.04 Å². The molecule has 1 atom stereocenters. The maximum atomic E-state index is 6.16. The molecule has 0 rings (SSSR count). The Morgan fingerprint density at radius 2 is 1.11 bits per heavy atom. The Bertz CT molecular complexity index is 171. The van der Waals surface area contributed by atoms with Crippen LogP contribution in [-0.4, -0.2) is 15.1 Å². The zero-order valence-electron chi connectivity index (χ0n) is 14.0. The molecule has 0 saturated carbocycles. The molecule has 0 aromatic carbocycles. The molecule has 0 aromatic heterocycles. The molecular formula is C17H37OSi. The Kier molecular flexibility index (Phi) is 14.7. The predicted molar refractivity (Wildman–Crippen MR) is 89.1 cm³/mol. The summed E-state index contributed by atoms with van der Waals surface area (Å²) in [6, 6.07) is 0. The molecule has 19 heavy (non-hydrogen) atoms. The minimum atomic E-state index is -0.526. The molecule has 1 unspecified atom stereocenters. The van der Waals surface area contributed by atoms with E-state index in [9.17, 15) is 0 Å². The first kappa shape index (κ1) is 19.2. The Labute approximate surface area is 124 Å².